The van der Waals surface area contributed by atoms with Gasteiger partial charge in [0.2, 0.25) is 0 Å². The normalized spacial score (nSPS) is 11.0. The zero-order chi connectivity index (χ0) is 15.4. The molecule has 0 saturated carbocycles. The van der Waals surface area contributed by atoms with Crippen molar-refractivity contribution in [3.05, 3.63) is 69.7 Å². The molecule has 1 aromatic heterocycles. The zero-order valence-corrected chi connectivity index (χ0v) is 11.3. The lowest BCUT2D eigenvalue weighted by atomic mass is 10.1. The number of rotatable bonds is 4. The summed E-state index contributed by atoms with van der Waals surface area (Å²) in [7, 11) is 0. The molecule has 0 unspecified atom stereocenters. The maximum absolute atomic E-state index is 13.6. The highest BCUT2D eigenvalue weighted by Gasteiger charge is 2.03. The molecule has 2 aromatic rings. The largest absolute Gasteiger partial charge is 0.478 e. The molecule has 1 aromatic carbocycles. The van der Waals surface area contributed by atoms with Crippen LogP contribution in [0.2, 0.25) is 0 Å². The van der Waals surface area contributed by atoms with Crippen molar-refractivity contribution < 1.29 is 14.3 Å². The number of aromatic nitrogens is 2. The van der Waals surface area contributed by atoms with Crippen LogP contribution in [-0.4, -0.2) is 20.6 Å². The van der Waals surface area contributed by atoms with E-state index in [0.717, 1.165) is 11.6 Å². The average molecular weight is 288 g/mol. The van der Waals surface area contributed by atoms with Crippen LogP contribution in [0.3, 0.4) is 0 Å². The van der Waals surface area contributed by atoms with E-state index in [1.54, 1.807) is 19.2 Å². The quantitative estimate of drug-likeness (QED) is 0.871. The molecule has 1 N–H and O–H groups in total. The molecule has 0 fully saturated rings. The first kappa shape index (κ1) is 14.6. The number of carboxylic acids is 1. The monoisotopic (exact) mass is 288 g/mol. The van der Waals surface area contributed by atoms with Crippen LogP contribution in [-0.2, 0) is 11.3 Å². The highest BCUT2D eigenvalue weighted by Crippen LogP contribution is 2.12. The van der Waals surface area contributed by atoms with Crippen LogP contribution in [0.5, 0.6) is 0 Å². The van der Waals surface area contributed by atoms with E-state index in [1.807, 2.05) is 0 Å². The van der Waals surface area contributed by atoms with Gasteiger partial charge < -0.3 is 5.11 Å². The molecule has 0 spiro atoms. The van der Waals surface area contributed by atoms with E-state index in [0.29, 0.717) is 11.1 Å². The lowest BCUT2D eigenvalue weighted by Gasteiger charge is -2.07. The number of benzene rings is 1. The fraction of sp³-hybridized carbons (Fsp3) is 0.133. The molecule has 0 aliphatic heterocycles. The van der Waals surface area contributed by atoms with Crippen LogP contribution in [0, 0.1) is 12.7 Å². The summed E-state index contributed by atoms with van der Waals surface area (Å²) in [6, 6.07) is 4.14. The summed E-state index contributed by atoms with van der Waals surface area (Å²) in [6.07, 6.45) is 5.32. The molecule has 108 valence electrons. The van der Waals surface area contributed by atoms with Gasteiger partial charge in [0.05, 0.1) is 6.54 Å². The van der Waals surface area contributed by atoms with Gasteiger partial charge >= 0.3 is 11.7 Å². The summed E-state index contributed by atoms with van der Waals surface area (Å²) < 4.78 is 14.9. The number of carboxylic acid groups (broad SMARTS) is 1. The Morgan fingerprint density at radius 3 is 2.90 bits per heavy atom. The fourth-order valence-electron chi connectivity index (χ4n) is 1.91. The predicted molar refractivity (Wildman–Crippen MR) is 75.4 cm³/mol. The molecule has 0 bridgehead atoms. The van der Waals surface area contributed by atoms with Crippen LogP contribution in [0.1, 0.15) is 16.7 Å². The number of hydrogen-bond acceptors (Lipinski definition) is 3. The maximum Gasteiger partial charge on any atom is 0.347 e. The second-order valence-corrected chi connectivity index (χ2v) is 4.61. The topological polar surface area (TPSA) is 72.2 Å². The van der Waals surface area contributed by atoms with Crippen LogP contribution in [0.15, 0.2) is 41.5 Å². The van der Waals surface area contributed by atoms with Crippen LogP contribution >= 0.6 is 0 Å². The molecule has 0 saturated heterocycles. The third-order valence-electron chi connectivity index (χ3n) is 2.73. The lowest BCUT2D eigenvalue weighted by molar-refractivity contribution is -0.131. The van der Waals surface area contributed by atoms with Crippen molar-refractivity contribution >= 4 is 12.0 Å². The van der Waals surface area contributed by atoms with E-state index in [4.69, 9.17) is 5.11 Å². The second kappa shape index (κ2) is 6.13. The maximum atomic E-state index is 13.6. The first-order valence-corrected chi connectivity index (χ1v) is 6.17. The van der Waals surface area contributed by atoms with Crippen LogP contribution in [0.4, 0.5) is 4.39 Å². The number of hydrogen-bond donors (Lipinski definition) is 1. The molecular formula is C15H13FN2O3. The van der Waals surface area contributed by atoms with Gasteiger partial charge in [-0.05, 0) is 47.9 Å². The molecule has 0 atom stereocenters. The van der Waals surface area contributed by atoms with Gasteiger partial charge in [0.1, 0.15) is 5.82 Å². The number of aliphatic carboxylic acids is 1. The first-order valence-electron chi connectivity index (χ1n) is 6.17. The predicted octanol–water partition coefficient (Wildman–Crippen LogP) is 1.84. The lowest BCUT2D eigenvalue weighted by Crippen LogP contribution is -2.22. The van der Waals surface area contributed by atoms with E-state index >= 15 is 0 Å². The summed E-state index contributed by atoms with van der Waals surface area (Å²) in [5.41, 5.74) is 1.36. The first-order chi connectivity index (χ1) is 9.94. The molecule has 1 heterocycles. The SMILES string of the molecule is Cc1cnc(=O)n(Cc2cc(F)cc(C=CC(=O)O)c2)c1. The molecule has 0 aliphatic carbocycles. The Morgan fingerprint density at radius 2 is 2.19 bits per heavy atom. The van der Waals surface area contributed by atoms with Crippen molar-refractivity contribution in [2.75, 3.05) is 0 Å². The van der Waals surface area contributed by atoms with Crippen molar-refractivity contribution in [3.63, 3.8) is 0 Å². The zero-order valence-electron chi connectivity index (χ0n) is 11.3. The average Bonchev–Trinajstić information content (AvgIpc) is 2.40. The Morgan fingerprint density at radius 1 is 1.43 bits per heavy atom. The Labute approximate surface area is 120 Å². The summed E-state index contributed by atoms with van der Waals surface area (Å²) >= 11 is 0. The number of halogens is 1. The van der Waals surface area contributed by atoms with Gasteiger partial charge in [-0.2, -0.15) is 0 Å². The molecule has 2 rings (SSSR count). The molecule has 6 heteroatoms. The van der Waals surface area contributed by atoms with Crippen LogP contribution < -0.4 is 5.69 Å². The molecule has 0 radical (unpaired) electrons. The van der Waals surface area contributed by atoms with Crippen molar-refractivity contribution in [1.82, 2.24) is 9.55 Å². The summed E-state index contributed by atoms with van der Waals surface area (Å²) in [5.74, 6) is -1.61. The molecule has 0 amide bonds. The van der Waals surface area contributed by atoms with E-state index in [1.165, 1.54) is 29.0 Å². The minimum absolute atomic E-state index is 0.166. The minimum atomic E-state index is -1.11. The van der Waals surface area contributed by atoms with Crippen molar-refractivity contribution in [2.45, 2.75) is 13.5 Å². The van der Waals surface area contributed by atoms with Gasteiger partial charge in [-0.3, -0.25) is 4.57 Å². The van der Waals surface area contributed by atoms with Crippen molar-refractivity contribution in [2.24, 2.45) is 0 Å². The summed E-state index contributed by atoms with van der Waals surface area (Å²) in [5, 5.41) is 8.58. The molecule has 21 heavy (non-hydrogen) atoms. The van der Waals surface area contributed by atoms with Gasteiger partial charge in [-0.1, -0.05) is 0 Å². The summed E-state index contributed by atoms with van der Waals surface area (Å²) in [6.45, 7) is 1.97. The number of carbonyl (C=O) groups is 1. The fourth-order valence-corrected chi connectivity index (χ4v) is 1.91. The van der Waals surface area contributed by atoms with Gasteiger partial charge in [0.25, 0.3) is 0 Å². The number of nitrogens with zero attached hydrogens (tertiary/aromatic N) is 2. The van der Waals surface area contributed by atoms with Crippen molar-refractivity contribution in [1.29, 1.82) is 0 Å². The number of aryl methyl sites for hydroxylation is 1. The van der Waals surface area contributed by atoms with E-state index in [-0.39, 0.29) is 6.54 Å². The van der Waals surface area contributed by atoms with E-state index in [9.17, 15) is 14.0 Å². The van der Waals surface area contributed by atoms with Crippen molar-refractivity contribution in [3.8, 4) is 0 Å². The van der Waals surface area contributed by atoms with Gasteiger partial charge in [0.15, 0.2) is 0 Å². The minimum Gasteiger partial charge on any atom is -0.478 e. The highest BCUT2D eigenvalue weighted by molar-refractivity contribution is 5.85. The third-order valence-corrected chi connectivity index (χ3v) is 2.73. The molecule has 0 aliphatic rings. The molecule has 5 nitrogen and oxygen atoms in total. The summed E-state index contributed by atoms with van der Waals surface area (Å²) in [4.78, 5) is 25.8. The smallest absolute Gasteiger partial charge is 0.347 e. The Hall–Kier alpha value is -2.76. The highest BCUT2D eigenvalue weighted by atomic mass is 19.1. The Kier molecular flexibility index (Phi) is 4.27. The van der Waals surface area contributed by atoms with Gasteiger partial charge in [-0.25, -0.2) is 19.0 Å². The van der Waals surface area contributed by atoms with Gasteiger partial charge in [0, 0.05) is 18.5 Å². The van der Waals surface area contributed by atoms with E-state index < -0.39 is 17.5 Å². The van der Waals surface area contributed by atoms with Gasteiger partial charge in [-0.15, -0.1) is 0 Å². The van der Waals surface area contributed by atoms with E-state index in [2.05, 4.69) is 4.98 Å². The molecular weight excluding hydrogens is 275 g/mol. The Balaban J connectivity index is 2.34. The standard InChI is InChI=1S/C15H13FN2O3/c1-10-7-17-15(21)18(8-10)9-12-4-11(2-3-14(19)20)5-13(16)6-12/h2-8H,9H2,1H3,(H,19,20). The van der Waals surface area contributed by atoms with Crippen LogP contribution in [0.25, 0.3) is 6.08 Å². The Bertz CT molecular complexity index is 766. The second-order valence-electron chi connectivity index (χ2n) is 4.61. The third kappa shape index (κ3) is 4.10.